The number of anilines is 1. The van der Waals surface area contributed by atoms with Crippen LogP contribution in [0.4, 0.5) is 5.69 Å². The van der Waals surface area contributed by atoms with Gasteiger partial charge in [-0.05, 0) is 31.9 Å². The Labute approximate surface area is 79.4 Å². The van der Waals surface area contributed by atoms with Crippen LogP contribution >= 0.6 is 0 Å². The van der Waals surface area contributed by atoms with Gasteiger partial charge in [-0.1, -0.05) is 0 Å². The fourth-order valence-corrected chi connectivity index (χ4v) is 1.11. The summed E-state index contributed by atoms with van der Waals surface area (Å²) in [6.45, 7) is 4.98. The van der Waals surface area contributed by atoms with E-state index in [1.807, 2.05) is 26.1 Å². The molecule has 0 spiro atoms. The van der Waals surface area contributed by atoms with Crippen LogP contribution in [-0.2, 0) is 0 Å². The number of pyridine rings is 1. The second-order valence-electron chi connectivity index (χ2n) is 3.38. The Kier molecular flexibility index (Phi) is 3.71. The standard InChI is InChI=1S/C10H17N3/c1-8-7-12-5-4-10(8)13-6-3-9(2)11/h4-5,7,9H,3,6,11H2,1-2H3,(H,12,13). The summed E-state index contributed by atoms with van der Waals surface area (Å²) in [5.41, 5.74) is 7.96. The third kappa shape index (κ3) is 3.42. The predicted molar refractivity (Wildman–Crippen MR) is 55.7 cm³/mol. The maximum Gasteiger partial charge on any atom is 0.0400 e. The van der Waals surface area contributed by atoms with Gasteiger partial charge in [0.25, 0.3) is 0 Å². The number of aryl methyl sites for hydroxylation is 1. The van der Waals surface area contributed by atoms with Crippen molar-refractivity contribution in [2.75, 3.05) is 11.9 Å². The second-order valence-corrected chi connectivity index (χ2v) is 3.38. The summed E-state index contributed by atoms with van der Waals surface area (Å²) >= 11 is 0. The largest absolute Gasteiger partial charge is 0.385 e. The highest BCUT2D eigenvalue weighted by atomic mass is 14.9. The lowest BCUT2D eigenvalue weighted by atomic mass is 10.2. The average molecular weight is 179 g/mol. The van der Waals surface area contributed by atoms with E-state index in [0.29, 0.717) is 0 Å². The highest BCUT2D eigenvalue weighted by Crippen LogP contribution is 2.11. The second kappa shape index (κ2) is 4.82. The molecule has 1 aromatic rings. The summed E-state index contributed by atoms with van der Waals surface area (Å²) in [6.07, 6.45) is 4.64. The van der Waals surface area contributed by atoms with E-state index in [9.17, 15) is 0 Å². The molecule has 13 heavy (non-hydrogen) atoms. The first-order valence-electron chi connectivity index (χ1n) is 4.60. The number of aromatic nitrogens is 1. The molecule has 1 unspecified atom stereocenters. The van der Waals surface area contributed by atoms with Crippen molar-refractivity contribution >= 4 is 5.69 Å². The van der Waals surface area contributed by atoms with Crippen molar-refractivity contribution in [2.24, 2.45) is 5.73 Å². The van der Waals surface area contributed by atoms with E-state index in [1.165, 1.54) is 5.56 Å². The molecule has 0 aliphatic rings. The molecule has 3 nitrogen and oxygen atoms in total. The van der Waals surface area contributed by atoms with Crippen LogP contribution in [0.3, 0.4) is 0 Å². The Bertz CT molecular complexity index is 258. The number of nitrogens with zero attached hydrogens (tertiary/aromatic N) is 1. The molecule has 3 heteroatoms. The van der Waals surface area contributed by atoms with Gasteiger partial charge in [-0.2, -0.15) is 0 Å². The number of hydrogen-bond donors (Lipinski definition) is 2. The fraction of sp³-hybridized carbons (Fsp3) is 0.500. The van der Waals surface area contributed by atoms with E-state index < -0.39 is 0 Å². The Morgan fingerprint density at radius 2 is 2.38 bits per heavy atom. The molecule has 0 saturated carbocycles. The summed E-state index contributed by atoms with van der Waals surface area (Å²) in [6, 6.07) is 2.24. The fourth-order valence-electron chi connectivity index (χ4n) is 1.11. The van der Waals surface area contributed by atoms with Gasteiger partial charge >= 0.3 is 0 Å². The van der Waals surface area contributed by atoms with Gasteiger partial charge in [0.2, 0.25) is 0 Å². The van der Waals surface area contributed by atoms with Crippen molar-refractivity contribution in [2.45, 2.75) is 26.3 Å². The number of rotatable bonds is 4. The van der Waals surface area contributed by atoms with Gasteiger partial charge in [-0.3, -0.25) is 4.98 Å². The Morgan fingerprint density at radius 1 is 1.62 bits per heavy atom. The first-order valence-corrected chi connectivity index (χ1v) is 4.60. The van der Waals surface area contributed by atoms with E-state index in [-0.39, 0.29) is 6.04 Å². The Morgan fingerprint density at radius 3 is 3.00 bits per heavy atom. The summed E-state index contributed by atoms with van der Waals surface area (Å²) in [5, 5.41) is 3.32. The first-order chi connectivity index (χ1) is 6.20. The van der Waals surface area contributed by atoms with Crippen molar-refractivity contribution < 1.29 is 0 Å². The van der Waals surface area contributed by atoms with Crippen molar-refractivity contribution in [3.8, 4) is 0 Å². The van der Waals surface area contributed by atoms with Crippen molar-refractivity contribution in [1.29, 1.82) is 0 Å². The van der Waals surface area contributed by atoms with Crippen LogP contribution in [0.5, 0.6) is 0 Å². The summed E-state index contributed by atoms with van der Waals surface area (Å²) in [4.78, 5) is 4.02. The zero-order valence-corrected chi connectivity index (χ0v) is 8.25. The van der Waals surface area contributed by atoms with Gasteiger partial charge in [0.15, 0.2) is 0 Å². The van der Waals surface area contributed by atoms with Crippen LogP contribution < -0.4 is 11.1 Å². The molecule has 1 heterocycles. The van der Waals surface area contributed by atoms with Gasteiger partial charge in [0.1, 0.15) is 0 Å². The van der Waals surface area contributed by atoms with Crippen molar-refractivity contribution in [3.05, 3.63) is 24.0 Å². The molecule has 3 N–H and O–H groups in total. The molecule has 0 aliphatic carbocycles. The lowest BCUT2D eigenvalue weighted by Gasteiger charge is -2.09. The summed E-state index contributed by atoms with van der Waals surface area (Å²) < 4.78 is 0. The quantitative estimate of drug-likeness (QED) is 0.737. The zero-order chi connectivity index (χ0) is 9.68. The molecule has 1 aromatic heterocycles. The monoisotopic (exact) mass is 179 g/mol. The highest BCUT2D eigenvalue weighted by Gasteiger charge is 1.97. The lowest BCUT2D eigenvalue weighted by Crippen LogP contribution is -2.19. The molecule has 0 bridgehead atoms. The molecular weight excluding hydrogens is 162 g/mol. The van der Waals surface area contributed by atoms with Crippen molar-refractivity contribution in [3.63, 3.8) is 0 Å². The van der Waals surface area contributed by atoms with Crippen LogP contribution in [0.2, 0.25) is 0 Å². The minimum Gasteiger partial charge on any atom is -0.385 e. The van der Waals surface area contributed by atoms with Crippen LogP contribution in [-0.4, -0.2) is 17.6 Å². The third-order valence-corrected chi connectivity index (χ3v) is 1.94. The molecule has 72 valence electrons. The van der Waals surface area contributed by atoms with E-state index in [1.54, 1.807) is 6.20 Å². The summed E-state index contributed by atoms with van der Waals surface area (Å²) in [7, 11) is 0. The van der Waals surface area contributed by atoms with E-state index >= 15 is 0 Å². The SMILES string of the molecule is Cc1cnccc1NCCC(C)N. The molecule has 1 atom stereocenters. The number of nitrogens with one attached hydrogen (secondary N) is 1. The minimum atomic E-state index is 0.259. The topological polar surface area (TPSA) is 50.9 Å². The molecule has 0 aliphatic heterocycles. The molecular formula is C10H17N3. The van der Waals surface area contributed by atoms with E-state index in [0.717, 1.165) is 18.7 Å². The number of hydrogen-bond acceptors (Lipinski definition) is 3. The normalized spacial score (nSPS) is 12.5. The van der Waals surface area contributed by atoms with Crippen LogP contribution in [0.1, 0.15) is 18.9 Å². The van der Waals surface area contributed by atoms with E-state index in [2.05, 4.69) is 10.3 Å². The van der Waals surface area contributed by atoms with Gasteiger partial charge in [-0.25, -0.2) is 0 Å². The highest BCUT2D eigenvalue weighted by molar-refractivity contribution is 5.48. The average Bonchev–Trinajstić information content (AvgIpc) is 2.08. The molecule has 0 saturated heterocycles. The van der Waals surface area contributed by atoms with Gasteiger partial charge in [-0.15, -0.1) is 0 Å². The minimum absolute atomic E-state index is 0.259. The van der Waals surface area contributed by atoms with Crippen molar-refractivity contribution in [1.82, 2.24) is 4.98 Å². The first kappa shape index (κ1) is 9.99. The predicted octanol–water partition coefficient (Wildman–Crippen LogP) is 1.54. The third-order valence-electron chi connectivity index (χ3n) is 1.94. The lowest BCUT2D eigenvalue weighted by molar-refractivity contribution is 0.690. The van der Waals surface area contributed by atoms with Crippen LogP contribution in [0, 0.1) is 6.92 Å². The Hall–Kier alpha value is -1.09. The molecule has 0 amide bonds. The molecule has 0 aromatic carbocycles. The molecule has 1 rings (SSSR count). The number of nitrogens with two attached hydrogens (primary N) is 1. The smallest absolute Gasteiger partial charge is 0.0400 e. The molecule has 0 radical (unpaired) electrons. The Balaban J connectivity index is 2.41. The van der Waals surface area contributed by atoms with Gasteiger partial charge in [0.05, 0.1) is 0 Å². The molecule has 0 fully saturated rings. The van der Waals surface area contributed by atoms with Crippen LogP contribution in [0.15, 0.2) is 18.5 Å². The maximum atomic E-state index is 5.64. The maximum absolute atomic E-state index is 5.64. The van der Waals surface area contributed by atoms with Gasteiger partial charge in [0, 0.05) is 30.7 Å². The van der Waals surface area contributed by atoms with E-state index in [4.69, 9.17) is 5.73 Å². The van der Waals surface area contributed by atoms with Gasteiger partial charge < -0.3 is 11.1 Å². The zero-order valence-electron chi connectivity index (χ0n) is 8.25. The van der Waals surface area contributed by atoms with Crippen LogP contribution in [0.25, 0.3) is 0 Å². The summed E-state index contributed by atoms with van der Waals surface area (Å²) in [5.74, 6) is 0.